The Morgan fingerprint density at radius 3 is 2.67 bits per heavy atom. The van der Waals surface area contributed by atoms with Crippen LogP contribution in [0.4, 0.5) is 0 Å². The highest BCUT2D eigenvalue weighted by molar-refractivity contribution is 5.85. The first-order valence-corrected chi connectivity index (χ1v) is 6.63. The highest BCUT2D eigenvalue weighted by Gasteiger charge is 2.34. The average molecular weight is 279 g/mol. The van der Waals surface area contributed by atoms with Gasteiger partial charge in [0.05, 0.1) is 11.5 Å². The molecule has 0 aliphatic carbocycles. The Labute approximate surface area is 116 Å². The molecule has 0 aromatic rings. The van der Waals surface area contributed by atoms with Crippen LogP contribution in [0.15, 0.2) is 0 Å². The molecule has 1 heterocycles. The quantitative estimate of drug-likeness (QED) is 0.711. The van der Waals surface area contributed by atoms with Crippen molar-refractivity contribution in [3.63, 3.8) is 0 Å². The molecule has 0 spiro atoms. The second-order valence-electron chi connectivity index (χ2n) is 5.70. The predicted molar refractivity (Wildman–Crippen MR) is 75.9 cm³/mol. The first-order valence-electron chi connectivity index (χ1n) is 6.63. The number of piperidine rings is 1. The molecule has 1 fully saturated rings. The first kappa shape index (κ1) is 17.7. The molecule has 0 radical (unpaired) electrons. The Morgan fingerprint density at radius 2 is 2.17 bits per heavy atom. The van der Waals surface area contributed by atoms with Gasteiger partial charge in [0.2, 0.25) is 5.91 Å². The lowest BCUT2D eigenvalue weighted by Crippen LogP contribution is -2.49. The van der Waals surface area contributed by atoms with Crippen molar-refractivity contribution in [1.82, 2.24) is 10.6 Å². The molecule has 1 amide bonds. The number of carbonyl (C=O) groups is 1. The summed E-state index contributed by atoms with van der Waals surface area (Å²) in [5.41, 5.74) is -0.277. The lowest BCUT2D eigenvalue weighted by Gasteiger charge is -2.32. The van der Waals surface area contributed by atoms with Gasteiger partial charge in [-0.05, 0) is 38.6 Å². The van der Waals surface area contributed by atoms with E-state index in [0.717, 1.165) is 25.9 Å². The molecule has 1 aliphatic heterocycles. The van der Waals surface area contributed by atoms with E-state index in [0.29, 0.717) is 13.0 Å². The normalized spacial score (nSPS) is 25.4. The Morgan fingerprint density at radius 1 is 1.50 bits per heavy atom. The smallest absolute Gasteiger partial charge is 0.227 e. The van der Waals surface area contributed by atoms with E-state index in [2.05, 4.69) is 10.6 Å². The van der Waals surface area contributed by atoms with E-state index in [9.17, 15) is 9.90 Å². The molecule has 0 saturated carbocycles. The van der Waals surface area contributed by atoms with Crippen LogP contribution < -0.4 is 10.6 Å². The summed E-state index contributed by atoms with van der Waals surface area (Å²) in [6.45, 7) is 8.30. The van der Waals surface area contributed by atoms with Crippen LogP contribution in [0.2, 0.25) is 0 Å². The molecule has 1 rings (SSSR count). The molecule has 108 valence electrons. The van der Waals surface area contributed by atoms with E-state index in [1.54, 1.807) is 0 Å². The van der Waals surface area contributed by atoms with Crippen LogP contribution in [0.25, 0.3) is 0 Å². The summed E-state index contributed by atoms with van der Waals surface area (Å²) in [7, 11) is 0. The molecule has 2 atom stereocenters. The van der Waals surface area contributed by atoms with Gasteiger partial charge >= 0.3 is 0 Å². The summed E-state index contributed by atoms with van der Waals surface area (Å²) in [6, 6.07) is 0. The van der Waals surface area contributed by atoms with Gasteiger partial charge in [0.25, 0.3) is 0 Å². The highest BCUT2D eigenvalue weighted by Crippen LogP contribution is 2.25. The Kier molecular flexibility index (Phi) is 7.83. The molecule has 3 N–H and O–H groups in total. The van der Waals surface area contributed by atoms with Crippen LogP contribution >= 0.6 is 12.4 Å². The molecule has 18 heavy (non-hydrogen) atoms. The fourth-order valence-electron chi connectivity index (χ4n) is 2.13. The molecule has 5 heteroatoms. The fourth-order valence-corrected chi connectivity index (χ4v) is 2.13. The largest absolute Gasteiger partial charge is 0.393 e. The Bertz CT molecular complexity index is 253. The summed E-state index contributed by atoms with van der Waals surface area (Å²) in [4.78, 5) is 12.0. The van der Waals surface area contributed by atoms with Crippen LogP contribution in [0.5, 0.6) is 0 Å². The van der Waals surface area contributed by atoms with Crippen LogP contribution in [-0.4, -0.2) is 36.8 Å². The minimum Gasteiger partial charge on any atom is -0.393 e. The molecule has 0 aromatic carbocycles. The zero-order valence-electron chi connectivity index (χ0n) is 11.7. The number of halogens is 1. The molecular weight excluding hydrogens is 252 g/mol. The number of rotatable bonds is 5. The van der Waals surface area contributed by atoms with Gasteiger partial charge in [-0.15, -0.1) is 12.4 Å². The van der Waals surface area contributed by atoms with Crippen molar-refractivity contribution in [3.05, 3.63) is 0 Å². The van der Waals surface area contributed by atoms with E-state index >= 15 is 0 Å². The number of aliphatic hydroxyl groups excluding tert-OH is 1. The van der Waals surface area contributed by atoms with Crippen molar-refractivity contribution < 1.29 is 9.90 Å². The van der Waals surface area contributed by atoms with Crippen molar-refractivity contribution in [2.45, 2.75) is 46.1 Å². The van der Waals surface area contributed by atoms with Crippen molar-refractivity contribution in [2.75, 3.05) is 19.6 Å². The minimum atomic E-state index is -0.326. The second-order valence-corrected chi connectivity index (χ2v) is 5.70. The first-order chi connectivity index (χ1) is 7.96. The number of amides is 1. The maximum atomic E-state index is 12.0. The second kappa shape index (κ2) is 7.97. The highest BCUT2D eigenvalue weighted by atomic mass is 35.5. The topological polar surface area (TPSA) is 61.4 Å². The third-order valence-electron chi connectivity index (χ3n) is 3.64. The van der Waals surface area contributed by atoms with Gasteiger partial charge in [-0.1, -0.05) is 13.8 Å². The molecule has 0 aromatic heterocycles. The number of carbonyl (C=O) groups excluding carboxylic acids is 1. The number of hydrogen-bond acceptors (Lipinski definition) is 3. The van der Waals surface area contributed by atoms with Crippen LogP contribution in [-0.2, 0) is 4.79 Å². The van der Waals surface area contributed by atoms with Crippen LogP contribution in [0.1, 0.15) is 40.0 Å². The van der Waals surface area contributed by atoms with Gasteiger partial charge in [0, 0.05) is 13.1 Å². The zero-order valence-corrected chi connectivity index (χ0v) is 12.5. The van der Waals surface area contributed by atoms with E-state index < -0.39 is 0 Å². The lowest BCUT2D eigenvalue weighted by molar-refractivity contribution is -0.131. The fraction of sp³-hybridized carbons (Fsp3) is 0.923. The van der Waals surface area contributed by atoms with E-state index in [1.165, 1.54) is 0 Å². The van der Waals surface area contributed by atoms with Gasteiger partial charge in [0.15, 0.2) is 0 Å². The van der Waals surface area contributed by atoms with Crippen molar-refractivity contribution >= 4 is 18.3 Å². The molecule has 2 unspecified atom stereocenters. The van der Waals surface area contributed by atoms with Gasteiger partial charge in [-0.25, -0.2) is 0 Å². The molecule has 4 nitrogen and oxygen atoms in total. The molecule has 1 aliphatic rings. The number of nitrogens with one attached hydrogen (secondary N) is 2. The summed E-state index contributed by atoms with van der Waals surface area (Å²) in [5, 5.41) is 15.9. The van der Waals surface area contributed by atoms with E-state index in [4.69, 9.17) is 0 Å². The average Bonchev–Trinajstić information content (AvgIpc) is 2.29. The van der Waals surface area contributed by atoms with Crippen molar-refractivity contribution in [3.8, 4) is 0 Å². The molecule has 0 bridgehead atoms. The predicted octanol–water partition coefficient (Wildman–Crippen LogP) is 1.32. The monoisotopic (exact) mass is 278 g/mol. The van der Waals surface area contributed by atoms with Crippen LogP contribution in [0.3, 0.4) is 0 Å². The maximum absolute atomic E-state index is 12.0. The molecule has 1 saturated heterocycles. The van der Waals surface area contributed by atoms with E-state index in [-0.39, 0.29) is 35.8 Å². The van der Waals surface area contributed by atoms with Gasteiger partial charge in [-0.3, -0.25) is 4.79 Å². The summed E-state index contributed by atoms with van der Waals surface area (Å²) in [5.74, 6) is 0.361. The third-order valence-corrected chi connectivity index (χ3v) is 3.64. The SMILES string of the molecule is CC(C)C(O)CCNC(=O)C1(C)CCCNC1.Cl. The van der Waals surface area contributed by atoms with Crippen LogP contribution in [0, 0.1) is 11.3 Å². The lowest BCUT2D eigenvalue weighted by atomic mass is 9.82. The standard InChI is InChI=1S/C13H26N2O2.ClH/c1-10(2)11(16)5-8-15-12(17)13(3)6-4-7-14-9-13;/h10-11,14,16H,4-9H2,1-3H3,(H,15,17);1H. The minimum absolute atomic E-state index is 0. The van der Waals surface area contributed by atoms with Crippen molar-refractivity contribution in [2.24, 2.45) is 11.3 Å². The third kappa shape index (κ3) is 5.12. The number of aliphatic hydroxyl groups is 1. The van der Waals surface area contributed by atoms with Gasteiger partial charge in [-0.2, -0.15) is 0 Å². The van der Waals surface area contributed by atoms with E-state index in [1.807, 2.05) is 20.8 Å². The Hall–Kier alpha value is -0.320. The van der Waals surface area contributed by atoms with Crippen molar-refractivity contribution in [1.29, 1.82) is 0 Å². The molecular formula is C13H27ClN2O2. The Balaban J connectivity index is 0.00000289. The zero-order chi connectivity index (χ0) is 12.9. The van der Waals surface area contributed by atoms with Gasteiger partial charge < -0.3 is 15.7 Å². The number of hydrogen-bond donors (Lipinski definition) is 3. The van der Waals surface area contributed by atoms with Gasteiger partial charge in [0.1, 0.15) is 0 Å². The summed E-state index contributed by atoms with van der Waals surface area (Å²) < 4.78 is 0. The summed E-state index contributed by atoms with van der Waals surface area (Å²) in [6.07, 6.45) is 2.30. The maximum Gasteiger partial charge on any atom is 0.227 e. The summed E-state index contributed by atoms with van der Waals surface area (Å²) >= 11 is 0.